The van der Waals surface area contributed by atoms with Crippen molar-refractivity contribution in [3.63, 3.8) is 0 Å². The molecular formula is C25H24N2O3. The Bertz CT molecular complexity index is 1050. The summed E-state index contributed by atoms with van der Waals surface area (Å²) in [5, 5.41) is 17.6. The van der Waals surface area contributed by atoms with Gasteiger partial charge in [-0.15, -0.1) is 0 Å². The number of hydrogen-bond acceptors (Lipinski definition) is 3. The van der Waals surface area contributed by atoms with Crippen LogP contribution < -0.4 is 10.6 Å². The van der Waals surface area contributed by atoms with Crippen molar-refractivity contribution >= 4 is 17.0 Å². The maximum atomic E-state index is 12.7. The van der Waals surface area contributed by atoms with E-state index in [9.17, 15) is 9.90 Å². The largest absolute Gasteiger partial charge is 0.458 e. The summed E-state index contributed by atoms with van der Waals surface area (Å²) >= 11 is 0. The van der Waals surface area contributed by atoms with Crippen molar-refractivity contribution in [3.05, 3.63) is 108 Å². The second-order valence-corrected chi connectivity index (χ2v) is 7.50. The molecule has 0 aliphatic rings. The van der Waals surface area contributed by atoms with Gasteiger partial charge in [0.15, 0.2) is 0 Å². The van der Waals surface area contributed by atoms with Gasteiger partial charge in [0.25, 0.3) is 0 Å². The SMILES string of the molecule is CC(O)(CNC(=O)NC(c1ccccc1)c1ccccc1)c1cc2ccccc2o1. The van der Waals surface area contributed by atoms with Crippen LogP contribution in [-0.2, 0) is 5.60 Å². The van der Waals surface area contributed by atoms with Gasteiger partial charge < -0.3 is 20.2 Å². The third-order valence-corrected chi connectivity index (χ3v) is 5.09. The fourth-order valence-electron chi connectivity index (χ4n) is 3.42. The molecule has 30 heavy (non-hydrogen) atoms. The molecule has 1 atom stereocenters. The van der Waals surface area contributed by atoms with Gasteiger partial charge in [-0.2, -0.15) is 0 Å². The van der Waals surface area contributed by atoms with E-state index in [2.05, 4.69) is 10.6 Å². The fraction of sp³-hybridized carbons (Fsp3) is 0.160. The molecule has 4 rings (SSSR count). The zero-order valence-corrected chi connectivity index (χ0v) is 16.7. The summed E-state index contributed by atoms with van der Waals surface area (Å²) in [4.78, 5) is 12.7. The predicted octanol–water partition coefficient (Wildman–Crippen LogP) is 4.73. The van der Waals surface area contributed by atoms with E-state index < -0.39 is 5.60 Å². The molecule has 0 saturated heterocycles. The van der Waals surface area contributed by atoms with Crippen LogP contribution >= 0.6 is 0 Å². The molecular weight excluding hydrogens is 376 g/mol. The Labute approximate surface area is 175 Å². The van der Waals surface area contributed by atoms with Gasteiger partial charge in [0.2, 0.25) is 0 Å². The average Bonchev–Trinajstić information content (AvgIpc) is 3.23. The lowest BCUT2D eigenvalue weighted by Gasteiger charge is -2.24. The number of rotatable bonds is 6. The number of fused-ring (bicyclic) bond motifs is 1. The minimum Gasteiger partial charge on any atom is -0.458 e. The molecule has 0 saturated carbocycles. The Morgan fingerprint density at radius 1 is 0.933 bits per heavy atom. The average molecular weight is 400 g/mol. The van der Waals surface area contributed by atoms with Crippen LogP contribution in [0.2, 0.25) is 0 Å². The lowest BCUT2D eigenvalue weighted by Crippen LogP contribution is -2.44. The summed E-state index contributed by atoms with van der Waals surface area (Å²) in [6.07, 6.45) is 0. The van der Waals surface area contributed by atoms with Crippen LogP contribution in [0.5, 0.6) is 0 Å². The van der Waals surface area contributed by atoms with E-state index in [0.717, 1.165) is 16.5 Å². The van der Waals surface area contributed by atoms with Crippen molar-refractivity contribution in [3.8, 4) is 0 Å². The molecule has 5 nitrogen and oxygen atoms in total. The molecule has 4 aromatic rings. The third-order valence-electron chi connectivity index (χ3n) is 5.09. The molecule has 0 spiro atoms. The van der Waals surface area contributed by atoms with E-state index in [1.807, 2.05) is 84.9 Å². The summed E-state index contributed by atoms with van der Waals surface area (Å²) in [7, 11) is 0. The molecule has 152 valence electrons. The summed E-state index contributed by atoms with van der Waals surface area (Å²) in [5.74, 6) is 0.409. The maximum absolute atomic E-state index is 12.7. The highest BCUT2D eigenvalue weighted by atomic mass is 16.4. The molecule has 1 heterocycles. The zero-order chi connectivity index (χ0) is 21.0. The molecule has 0 bridgehead atoms. The highest BCUT2D eigenvalue weighted by Gasteiger charge is 2.28. The first-order valence-corrected chi connectivity index (χ1v) is 9.89. The number of benzene rings is 3. The van der Waals surface area contributed by atoms with Crippen LogP contribution in [0.4, 0.5) is 4.79 Å². The Balaban J connectivity index is 1.47. The van der Waals surface area contributed by atoms with E-state index >= 15 is 0 Å². The molecule has 0 radical (unpaired) electrons. The first-order valence-electron chi connectivity index (χ1n) is 9.89. The van der Waals surface area contributed by atoms with Crippen molar-refractivity contribution < 1.29 is 14.3 Å². The Morgan fingerprint density at radius 3 is 2.10 bits per heavy atom. The molecule has 2 amide bonds. The monoisotopic (exact) mass is 400 g/mol. The minimum absolute atomic E-state index is 0.00888. The Morgan fingerprint density at radius 2 is 1.50 bits per heavy atom. The van der Waals surface area contributed by atoms with Crippen LogP contribution in [0.3, 0.4) is 0 Å². The highest BCUT2D eigenvalue weighted by molar-refractivity contribution is 5.78. The van der Waals surface area contributed by atoms with E-state index in [0.29, 0.717) is 11.3 Å². The number of nitrogens with one attached hydrogen (secondary N) is 2. The van der Waals surface area contributed by atoms with Crippen molar-refractivity contribution in [2.75, 3.05) is 6.54 Å². The second-order valence-electron chi connectivity index (χ2n) is 7.50. The summed E-state index contributed by atoms with van der Waals surface area (Å²) < 4.78 is 5.76. The minimum atomic E-state index is -1.34. The summed E-state index contributed by atoms with van der Waals surface area (Å²) in [6, 6.07) is 28.2. The van der Waals surface area contributed by atoms with Crippen LogP contribution in [0, 0.1) is 0 Å². The van der Waals surface area contributed by atoms with Crippen molar-refractivity contribution in [1.82, 2.24) is 10.6 Å². The number of para-hydroxylation sites is 1. The number of amides is 2. The van der Waals surface area contributed by atoms with Gasteiger partial charge in [-0.1, -0.05) is 78.9 Å². The molecule has 5 heteroatoms. The highest BCUT2D eigenvalue weighted by Crippen LogP contribution is 2.27. The van der Waals surface area contributed by atoms with Crippen LogP contribution in [0.15, 0.2) is 95.4 Å². The molecule has 1 aromatic heterocycles. The summed E-state index contributed by atoms with van der Waals surface area (Å²) in [5.41, 5.74) is 1.31. The van der Waals surface area contributed by atoms with Gasteiger partial charge in [0.1, 0.15) is 16.9 Å². The van der Waals surface area contributed by atoms with E-state index in [1.165, 1.54) is 0 Å². The van der Waals surface area contributed by atoms with Crippen molar-refractivity contribution in [2.24, 2.45) is 0 Å². The zero-order valence-electron chi connectivity index (χ0n) is 16.7. The number of carbonyl (C=O) groups is 1. The quantitative estimate of drug-likeness (QED) is 0.438. The lowest BCUT2D eigenvalue weighted by molar-refractivity contribution is 0.0382. The van der Waals surface area contributed by atoms with Crippen LogP contribution in [0.1, 0.15) is 29.9 Å². The number of urea groups is 1. The molecule has 1 unspecified atom stereocenters. The van der Waals surface area contributed by atoms with Gasteiger partial charge in [0.05, 0.1) is 12.6 Å². The topological polar surface area (TPSA) is 74.5 Å². The molecule has 0 aliphatic heterocycles. The second kappa shape index (κ2) is 8.43. The maximum Gasteiger partial charge on any atom is 0.315 e. The Kier molecular flexibility index (Phi) is 5.55. The third kappa shape index (κ3) is 4.36. The number of aliphatic hydroxyl groups is 1. The van der Waals surface area contributed by atoms with E-state index in [-0.39, 0.29) is 18.6 Å². The Hall–Kier alpha value is -3.57. The standard InChI is InChI=1S/C25H24N2O3/c1-25(29,22-16-20-14-8-9-15-21(20)30-22)17-26-24(28)27-23(18-10-4-2-5-11-18)19-12-6-3-7-13-19/h2-16,23,29H,17H2,1H3,(H2,26,27,28). The van der Waals surface area contributed by atoms with Crippen molar-refractivity contribution in [2.45, 2.75) is 18.6 Å². The van der Waals surface area contributed by atoms with Crippen LogP contribution in [-0.4, -0.2) is 17.7 Å². The van der Waals surface area contributed by atoms with E-state index in [1.54, 1.807) is 13.0 Å². The number of carbonyl (C=O) groups excluding carboxylic acids is 1. The lowest BCUT2D eigenvalue weighted by atomic mass is 9.99. The van der Waals surface area contributed by atoms with Crippen molar-refractivity contribution in [1.29, 1.82) is 0 Å². The molecule has 3 N–H and O–H groups in total. The van der Waals surface area contributed by atoms with Gasteiger partial charge in [-0.3, -0.25) is 0 Å². The van der Waals surface area contributed by atoms with Gasteiger partial charge >= 0.3 is 6.03 Å². The molecule has 0 fully saturated rings. The van der Waals surface area contributed by atoms with Gasteiger partial charge in [0, 0.05) is 5.39 Å². The molecule has 3 aromatic carbocycles. The van der Waals surface area contributed by atoms with Crippen LogP contribution in [0.25, 0.3) is 11.0 Å². The smallest absolute Gasteiger partial charge is 0.315 e. The first-order chi connectivity index (χ1) is 14.5. The molecule has 0 aliphatic carbocycles. The van der Waals surface area contributed by atoms with Gasteiger partial charge in [-0.05, 0) is 30.2 Å². The first kappa shape index (κ1) is 19.7. The number of furan rings is 1. The van der Waals surface area contributed by atoms with Gasteiger partial charge in [-0.25, -0.2) is 4.79 Å². The van der Waals surface area contributed by atoms with E-state index in [4.69, 9.17) is 4.42 Å². The number of hydrogen-bond donors (Lipinski definition) is 3. The fourth-order valence-corrected chi connectivity index (χ4v) is 3.42. The summed E-state index contributed by atoms with van der Waals surface area (Å²) in [6.45, 7) is 1.63. The normalized spacial score (nSPS) is 13.2. The predicted molar refractivity (Wildman–Crippen MR) is 117 cm³/mol.